The van der Waals surface area contributed by atoms with Gasteiger partial charge >= 0.3 is 0 Å². The first-order valence-electron chi connectivity index (χ1n) is 6.54. The summed E-state index contributed by atoms with van der Waals surface area (Å²) in [6.07, 6.45) is -3.39. The topological polar surface area (TPSA) is 186 Å². The summed E-state index contributed by atoms with van der Waals surface area (Å²) in [5.74, 6) is -0.108. The van der Waals surface area contributed by atoms with Crippen LogP contribution in [-0.2, 0) is 4.74 Å². The van der Waals surface area contributed by atoms with Gasteiger partial charge in [0.15, 0.2) is 17.4 Å². The van der Waals surface area contributed by atoms with Gasteiger partial charge in [-0.1, -0.05) is 0 Å². The van der Waals surface area contributed by atoms with Crippen molar-refractivity contribution >= 4 is 17.1 Å². The molecule has 0 aliphatic carbocycles. The van der Waals surface area contributed by atoms with Crippen LogP contribution in [0.3, 0.4) is 0 Å². The van der Waals surface area contributed by atoms with Gasteiger partial charge in [0.25, 0.3) is 5.56 Å². The van der Waals surface area contributed by atoms with E-state index in [2.05, 4.69) is 15.0 Å². The van der Waals surface area contributed by atoms with Gasteiger partial charge in [0.05, 0.1) is 19.0 Å². The van der Waals surface area contributed by atoms with Gasteiger partial charge in [0.1, 0.15) is 18.3 Å². The molecule has 2 aromatic heterocycles. The first-order chi connectivity index (χ1) is 10.4. The molecule has 0 radical (unpaired) electrons. The average Bonchev–Trinajstić information content (AvgIpc) is 2.89. The quantitative estimate of drug-likeness (QED) is 0.329. The minimum atomic E-state index is -1.33. The Hall–Kier alpha value is -2.05. The van der Waals surface area contributed by atoms with Crippen molar-refractivity contribution in [2.45, 2.75) is 30.6 Å². The van der Waals surface area contributed by atoms with Crippen LogP contribution in [0.4, 0.5) is 5.95 Å². The summed E-state index contributed by atoms with van der Waals surface area (Å²) in [5.41, 5.74) is 11.0. The van der Waals surface area contributed by atoms with E-state index in [0.717, 1.165) is 0 Å². The Morgan fingerprint density at radius 1 is 1.41 bits per heavy atom. The number of imidazole rings is 1. The van der Waals surface area contributed by atoms with E-state index in [1.165, 1.54) is 10.9 Å². The van der Waals surface area contributed by atoms with Crippen LogP contribution in [0.1, 0.15) is 6.23 Å². The molecule has 11 nitrogen and oxygen atoms in total. The zero-order valence-electron chi connectivity index (χ0n) is 11.3. The number of aromatic amines is 1. The molecule has 3 rings (SSSR count). The van der Waals surface area contributed by atoms with E-state index in [0.29, 0.717) is 0 Å². The van der Waals surface area contributed by atoms with E-state index in [1.807, 2.05) is 0 Å². The molecule has 1 aliphatic rings. The molecule has 1 saturated heterocycles. The van der Waals surface area contributed by atoms with Crippen molar-refractivity contribution in [3.05, 3.63) is 16.7 Å². The molecule has 0 spiro atoms. The van der Waals surface area contributed by atoms with Gasteiger partial charge in [-0.25, -0.2) is 4.98 Å². The Morgan fingerprint density at radius 3 is 2.82 bits per heavy atom. The van der Waals surface area contributed by atoms with Crippen molar-refractivity contribution in [3.8, 4) is 0 Å². The summed E-state index contributed by atoms with van der Waals surface area (Å²) in [4.78, 5) is 22.0. The Labute approximate surface area is 123 Å². The minimum absolute atomic E-state index is 0.0335. The van der Waals surface area contributed by atoms with Crippen LogP contribution in [-0.4, -0.2) is 65.8 Å². The Bertz CT molecular complexity index is 742. The number of H-pyrrole nitrogens is 1. The number of ether oxygens (including phenoxy) is 1. The molecule has 8 N–H and O–H groups in total. The Balaban J connectivity index is 2.08. The molecule has 11 heteroatoms. The number of fused-ring (bicyclic) bond motifs is 1. The number of nitrogens with zero attached hydrogens (tertiary/aromatic N) is 3. The van der Waals surface area contributed by atoms with Crippen molar-refractivity contribution in [1.82, 2.24) is 19.5 Å². The molecule has 0 aromatic carbocycles. The number of hydrogen-bond donors (Lipinski definition) is 6. The molecule has 0 bridgehead atoms. The molecule has 1 aliphatic heterocycles. The first-order valence-corrected chi connectivity index (χ1v) is 6.54. The highest BCUT2D eigenvalue weighted by Crippen LogP contribution is 2.28. The van der Waals surface area contributed by atoms with Crippen LogP contribution in [0.2, 0.25) is 0 Å². The molecule has 3 heterocycles. The maximum Gasteiger partial charge on any atom is 0.280 e. The average molecular weight is 312 g/mol. The number of nitrogens with two attached hydrogens (primary N) is 2. The van der Waals surface area contributed by atoms with E-state index >= 15 is 0 Å². The molecule has 120 valence electrons. The third-order valence-corrected chi connectivity index (χ3v) is 3.67. The van der Waals surface area contributed by atoms with Crippen LogP contribution in [0.25, 0.3) is 11.2 Å². The first kappa shape index (κ1) is 14.9. The summed E-state index contributed by atoms with van der Waals surface area (Å²) >= 11 is 0. The number of nitrogen functional groups attached to an aromatic ring is 1. The monoisotopic (exact) mass is 312 g/mol. The summed E-state index contributed by atoms with van der Waals surface area (Å²) in [6, 6.07) is -1.02. The number of aliphatic hydroxyl groups excluding tert-OH is 3. The van der Waals surface area contributed by atoms with Crippen molar-refractivity contribution in [3.63, 3.8) is 0 Å². The number of rotatable bonds is 2. The van der Waals surface area contributed by atoms with Gasteiger partial charge in [-0.05, 0) is 0 Å². The van der Waals surface area contributed by atoms with Gasteiger partial charge < -0.3 is 31.5 Å². The van der Waals surface area contributed by atoms with Gasteiger partial charge in [0, 0.05) is 0 Å². The van der Waals surface area contributed by atoms with Gasteiger partial charge in [-0.2, -0.15) is 4.98 Å². The molecular weight excluding hydrogens is 296 g/mol. The van der Waals surface area contributed by atoms with Gasteiger partial charge in [-0.3, -0.25) is 14.3 Å². The Kier molecular flexibility index (Phi) is 3.58. The van der Waals surface area contributed by atoms with Crippen molar-refractivity contribution < 1.29 is 20.1 Å². The third-order valence-electron chi connectivity index (χ3n) is 3.67. The van der Waals surface area contributed by atoms with Crippen LogP contribution >= 0.6 is 0 Å². The molecule has 2 aromatic rings. The van der Waals surface area contributed by atoms with E-state index in [1.54, 1.807) is 0 Å². The smallest absolute Gasteiger partial charge is 0.280 e. The minimum Gasteiger partial charge on any atom is -0.394 e. The molecule has 0 amide bonds. The van der Waals surface area contributed by atoms with Crippen LogP contribution in [0, 0.1) is 0 Å². The lowest BCUT2D eigenvalue weighted by molar-refractivity contribution is -0.209. The SMILES string of the molecule is Nc1nc2c(ncn2[C@@H]2O[C@H](CO)[C@@H](O)[C@H](O)[C@@H]2N)c(=O)[nH]1. The highest BCUT2D eigenvalue weighted by atomic mass is 16.5. The molecule has 0 saturated carbocycles. The van der Waals surface area contributed by atoms with Gasteiger partial charge in [0.2, 0.25) is 5.95 Å². The zero-order valence-corrected chi connectivity index (χ0v) is 11.3. The van der Waals surface area contributed by atoms with Crippen LogP contribution < -0.4 is 17.0 Å². The Morgan fingerprint density at radius 2 is 2.14 bits per heavy atom. The van der Waals surface area contributed by atoms with Crippen LogP contribution in [0.15, 0.2) is 11.1 Å². The number of nitrogens with one attached hydrogen (secondary N) is 1. The summed E-state index contributed by atoms with van der Waals surface area (Å²) in [5, 5.41) is 29.0. The van der Waals surface area contributed by atoms with E-state index in [-0.39, 0.29) is 17.1 Å². The lowest BCUT2D eigenvalue weighted by Gasteiger charge is -2.41. The highest BCUT2D eigenvalue weighted by Gasteiger charge is 2.43. The summed E-state index contributed by atoms with van der Waals surface area (Å²) in [7, 11) is 0. The number of aromatic nitrogens is 4. The standard InChI is InChI=1S/C11H16N6O5/c12-4-7(20)6(19)3(1-18)22-10(4)17-2-14-5-8(17)15-11(13)16-9(5)21/h2-4,6-7,10,18-20H,1,12H2,(H3,13,15,16,21)/t3-,4+,6-,7-,10-/m1/s1. The third kappa shape index (κ3) is 2.15. The fourth-order valence-electron chi connectivity index (χ4n) is 2.50. The van der Waals surface area contributed by atoms with Crippen LogP contribution in [0.5, 0.6) is 0 Å². The second-order valence-corrected chi connectivity index (χ2v) is 5.08. The fourth-order valence-corrected chi connectivity index (χ4v) is 2.50. The maximum absolute atomic E-state index is 11.8. The normalized spacial score (nSPS) is 32.5. The fraction of sp³-hybridized carbons (Fsp3) is 0.545. The van der Waals surface area contributed by atoms with Crippen molar-refractivity contribution in [2.75, 3.05) is 12.3 Å². The second-order valence-electron chi connectivity index (χ2n) is 5.08. The molecular formula is C11H16N6O5. The molecule has 1 fully saturated rings. The molecule has 22 heavy (non-hydrogen) atoms. The lowest BCUT2D eigenvalue weighted by atomic mass is 9.97. The zero-order chi connectivity index (χ0) is 16.0. The van der Waals surface area contributed by atoms with E-state index < -0.39 is 42.7 Å². The van der Waals surface area contributed by atoms with E-state index in [9.17, 15) is 20.1 Å². The van der Waals surface area contributed by atoms with Gasteiger partial charge in [-0.15, -0.1) is 0 Å². The lowest BCUT2D eigenvalue weighted by Crippen LogP contribution is -2.59. The maximum atomic E-state index is 11.8. The summed E-state index contributed by atoms with van der Waals surface area (Å²) < 4.78 is 6.84. The highest BCUT2D eigenvalue weighted by molar-refractivity contribution is 5.70. The van der Waals surface area contributed by atoms with Crippen molar-refractivity contribution in [1.29, 1.82) is 0 Å². The number of hydrogen-bond acceptors (Lipinski definition) is 9. The predicted molar refractivity (Wildman–Crippen MR) is 73.5 cm³/mol. The molecule has 5 atom stereocenters. The predicted octanol–water partition coefficient (Wildman–Crippen LogP) is -3.36. The van der Waals surface area contributed by atoms with Crippen molar-refractivity contribution in [2.24, 2.45) is 5.73 Å². The largest absolute Gasteiger partial charge is 0.394 e. The second kappa shape index (κ2) is 5.30. The van der Waals surface area contributed by atoms with E-state index in [4.69, 9.17) is 16.2 Å². The summed E-state index contributed by atoms with van der Waals surface area (Å²) in [6.45, 7) is -0.510. The number of anilines is 1. The number of aliphatic hydroxyl groups is 3. The molecule has 0 unspecified atom stereocenters.